The molecule has 82 valence electrons. The number of rotatable bonds is 5. The first-order valence-corrected chi connectivity index (χ1v) is 5.14. The lowest BCUT2D eigenvalue weighted by atomic mass is 10.0. The average Bonchev–Trinajstić information content (AvgIpc) is 2.16. The van der Waals surface area contributed by atoms with Crippen molar-refractivity contribution in [3.05, 3.63) is 42.0 Å². The molecule has 0 spiro atoms. The predicted molar refractivity (Wildman–Crippen MR) is 64.1 cm³/mol. The first-order chi connectivity index (χ1) is 7.11. The van der Waals surface area contributed by atoms with Gasteiger partial charge in [0.2, 0.25) is 0 Å². The van der Waals surface area contributed by atoms with Gasteiger partial charge in [-0.2, -0.15) is 0 Å². The summed E-state index contributed by atoms with van der Waals surface area (Å²) >= 11 is 0. The molecule has 0 aliphatic carbocycles. The number of hydrogen-bond acceptors (Lipinski definition) is 2. The molecule has 0 amide bonds. The maximum Gasteiger partial charge on any atom is 0.119 e. The van der Waals surface area contributed by atoms with E-state index in [0.717, 1.165) is 24.2 Å². The third kappa shape index (κ3) is 4.17. The Kier molecular flexibility index (Phi) is 4.37. The highest BCUT2D eigenvalue weighted by Crippen LogP contribution is 2.15. The molecule has 0 fully saturated rings. The molecular formula is C13H19NO. The van der Waals surface area contributed by atoms with Crippen LogP contribution in [0.4, 0.5) is 0 Å². The van der Waals surface area contributed by atoms with E-state index < -0.39 is 0 Å². The van der Waals surface area contributed by atoms with E-state index >= 15 is 0 Å². The zero-order valence-electron chi connectivity index (χ0n) is 9.49. The summed E-state index contributed by atoms with van der Waals surface area (Å²) in [6.07, 6.45) is 1.74. The zero-order valence-corrected chi connectivity index (χ0v) is 9.49. The molecule has 2 heteroatoms. The van der Waals surface area contributed by atoms with E-state index in [1.165, 1.54) is 5.56 Å². The summed E-state index contributed by atoms with van der Waals surface area (Å²) in [4.78, 5) is 0. The maximum atomic E-state index is 6.00. The summed E-state index contributed by atoms with van der Waals surface area (Å²) in [5.74, 6) is 0.884. The molecular weight excluding hydrogens is 186 g/mol. The van der Waals surface area contributed by atoms with Gasteiger partial charge in [-0.3, -0.25) is 0 Å². The van der Waals surface area contributed by atoms with Gasteiger partial charge in [-0.15, -0.1) is 6.58 Å². The minimum Gasteiger partial charge on any atom is -0.497 e. The molecule has 0 aliphatic heterocycles. The van der Waals surface area contributed by atoms with Crippen LogP contribution in [-0.4, -0.2) is 13.2 Å². The second-order valence-electron chi connectivity index (χ2n) is 3.98. The van der Waals surface area contributed by atoms with E-state index in [4.69, 9.17) is 10.5 Å². The van der Waals surface area contributed by atoms with Crippen molar-refractivity contribution in [3.63, 3.8) is 0 Å². The summed E-state index contributed by atoms with van der Waals surface area (Å²) in [5, 5.41) is 0. The number of methoxy groups -OCH3 is 1. The van der Waals surface area contributed by atoms with Crippen molar-refractivity contribution in [3.8, 4) is 5.75 Å². The van der Waals surface area contributed by atoms with Gasteiger partial charge < -0.3 is 10.5 Å². The summed E-state index contributed by atoms with van der Waals surface area (Å²) in [6, 6.07) is 8.17. The molecule has 0 saturated heterocycles. The Morgan fingerprint density at radius 2 is 2.27 bits per heavy atom. The predicted octanol–water partition coefficient (Wildman–Crippen LogP) is 2.53. The Morgan fingerprint density at radius 3 is 2.87 bits per heavy atom. The summed E-state index contributed by atoms with van der Waals surface area (Å²) in [7, 11) is 1.67. The van der Waals surface area contributed by atoms with E-state index in [0.29, 0.717) is 0 Å². The van der Waals surface area contributed by atoms with Crippen molar-refractivity contribution < 1.29 is 4.74 Å². The Morgan fingerprint density at radius 1 is 1.53 bits per heavy atom. The highest BCUT2D eigenvalue weighted by molar-refractivity contribution is 5.29. The molecule has 0 radical (unpaired) electrons. The van der Waals surface area contributed by atoms with Gasteiger partial charge in [-0.25, -0.2) is 0 Å². The molecule has 0 aromatic heterocycles. The second-order valence-corrected chi connectivity index (χ2v) is 3.98. The number of hydrogen-bond donors (Lipinski definition) is 1. The van der Waals surface area contributed by atoms with Crippen molar-refractivity contribution in [2.75, 3.05) is 7.11 Å². The zero-order chi connectivity index (χ0) is 11.3. The van der Waals surface area contributed by atoms with Crippen LogP contribution in [0.5, 0.6) is 5.75 Å². The Bertz CT molecular complexity index is 333. The third-order valence-corrected chi connectivity index (χ3v) is 2.24. The lowest BCUT2D eigenvalue weighted by Crippen LogP contribution is -2.22. The molecule has 2 N–H and O–H groups in total. The largest absolute Gasteiger partial charge is 0.497 e. The molecule has 1 unspecified atom stereocenters. The SMILES string of the molecule is C=C(C)CC(N)Cc1cccc(OC)c1. The Hall–Kier alpha value is -1.28. The molecule has 2 nitrogen and oxygen atoms in total. The molecule has 0 aliphatic rings. The average molecular weight is 205 g/mol. The van der Waals surface area contributed by atoms with Gasteiger partial charge in [0.25, 0.3) is 0 Å². The van der Waals surface area contributed by atoms with Crippen molar-refractivity contribution in [2.24, 2.45) is 5.73 Å². The monoisotopic (exact) mass is 205 g/mol. The topological polar surface area (TPSA) is 35.2 Å². The smallest absolute Gasteiger partial charge is 0.119 e. The molecule has 0 saturated carbocycles. The van der Waals surface area contributed by atoms with Crippen LogP contribution in [-0.2, 0) is 6.42 Å². The van der Waals surface area contributed by atoms with Crippen LogP contribution in [0.15, 0.2) is 36.4 Å². The lowest BCUT2D eigenvalue weighted by molar-refractivity contribution is 0.414. The minimum absolute atomic E-state index is 0.148. The Labute approximate surface area is 91.7 Å². The molecule has 1 rings (SSSR count). The van der Waals surface area contributed by atoms with E-state index in [1.807, 2.05) is 25.1 Å². The molecule has 0 bridgehead atoms. The number of nitrogens with two attached hydrogens (primary N) is 1. The van der Waals surface area contributed by atoms with Gasteiger partial charge in [0.15, 0.2) is 0 Å². The molecule has 1 aromatic rings. The quantitative estimate of drug-likeness (QED) is 0.750. The van der Waals surface area contributed by atoms with Gasteiger partial charge in [0.05, 0.1) is 7.11 Å². The highest BCUT2D eigenvalue weighted by atomic mass is 16.5. The van der Waals surface area contributed by atoms with Crippen LogP contribution in [0.1, 0.15) is 18.9 Å². The third-order valence-electron chi connectivity index (χ3n) is 2.24. The van der Waals surface area contributed by atoms with Gasteiger partial charge in [-0.05, 0) is 37.5 Å². The first-order valence-electron chi connectivity index (χ1n) is 5.14. The van der Waals surface area contributed by atoms with E-state index in [-0.39, 0.29) is 6.04 Å². The lowest BCUT2D eigenvalue weighted by Gasteiger charge is -2.12. The van der Waals surface area contributed by atoms with Crippen LogP contribution in [0.25, 0.3) is 0 Å². The summed E-state index contributed by atoms with van der Waals surface area (Å²) < 4.78 is 5.16. The van der Waals surface area contributed by atoms with Crippen LogP contribution < -0.4 is 10.5 Å². The number of ether oxygens (including phenoxy) is 1. The van der Waals surface area contributed by atoms with Crippen molar-refractivity contribution in [2.45, 2.75) is 25.8 Å². The van der Waals surface area contributed by atoms with Crippen LogP contribution >= 0.6 is 0 Å². The normalized spacial score (nSPS) is 12.2. The minimum atomic E-state index is 0.148. The van der Waals surface area contributed by atoms with Crippen LogP contribution in [0.2, 0.25) is 0 Å². The Balaban J connectivity index is 2.59. The second kappa shape index (κ2) is 5.56. The van der Waals surface area contributed by atoms with E-state index in [9.17, 15) is 0 Å². The molecule has 1 atom stereocenters. The van der Waals surface area contributed by atoms with E-state index in [2.05, 4.69) is 12.6 Å². The summed E-state index contributed by atoms with van der Waals surface area (Å²) in [6.45, 7) is 5.87. The standard InChI is InChI=1S/C13H19NO/c1-10(2)7-12(14)8-11-5-4-6-13(9-11)15-3/h4-6,9,12H,1,7-8,14H2,2-3H3. The van der Waals surface area contributed by atoms with Crippen LogP contribution in [0, 0.1) is 0 Å². The maximum absolute atomic E-state index is 6.00. The fourth-order valence-electron chi connectivity index (χ4n) is 1.62. The van der Waals surface area contributed by atoms with Crippen molar-refractivity contribution in [1.82, 2.24) is 0 Å². The van der Waals surface area contributed by atoms with Gasteiger partial charge in [0.1, 0.15) is 5.75 Å². The summed E-state index contributed by atoms with van der Waals surface area (Å²) in [5.41, 5.74) is 8.34. The molecule has 15 heavy (non-hydrogen) atoms. The number of benzene rings is 1. The van der Waals surface area contributed by atoms with Gasteiger partial charge >= 0.3 is 0 Å². The first kappa shape index (κ1) is 11.8. The fraction of sp³-hybridized carbons (Fsp3) is 0.385. The fourth-order valence-corrected chi connectivity index (χ4v) is 1.62. The molecule has 0 heterocycles. The van der Waals surface area contributed by atoms with Crippen molar-refractivity contribution in [1.29, 1.82) is 0 Å². The van der Waals surface area contributed by atoms with E-state index in [1.54, 1.807) is 7.11 Å². The van der Waals surface area contributed by atoms with Gasteiger partial charge in [0, 0.05) is 6.04 Å². The molecule has 1 aromatic carbocycles. The highest BCUT2D eigenvalue weighted by Gasteiger charge is 2.04. The van der Waals surface area contributed by atoms with Crippen LogP contribution in [0.3, 0.4) is 0 Å². The van der Waals surface area contributed by atoms with Gasteiger partial charge in [-0.1, -0.05) is 17.7 Å². The van der Waals surface area contributed by atoms with Crippen molar-refractivity contribution >= 4 is 0 Å².